The van der Waals surface area contributed by atoms with Crippen LogP contribution in [0.3, 0.4) is 0 Å². The minimum atomic E-state index is -0.869. The number of phenolic OH excluding ortho intramolecular Hbond substituents is 1. The minimum Gasteiger partial charge on any atom is -0.508 e. The van der Waals surface area contributed by atoms with E-state index in [4.69, 9.17) is 10.2 Å². The third-order valence-electron chi connectivity index (χ3n) is 2.55. The number of nitrogens with one attached hydrogen (secondary N) is 1. The number of amides is 2. The van der Waals surface area contributed by atoms with Crippen molar-refractivity contribution >= 4 is 12.0 Å². The van der Waals surface area contributed by atoms with Gasteiger partial charge in [-0.25, -0.2) is 4.79 Å². The highest BCUT2D eigenvalue weighted by atomic mass is 16.4. The zero-order valence-electron chi connectivity index (χ0n) is 10.8. The molecule has 0 saturated heterocycles. The summed E-state index contributed by atoms with van der Waals surface area (Å²) in [5.41, 5.74) is 0.904. The molecule has 0 aliphatic carbocycles. The molecule has 0 aliphatic rings. The number of aliphatic carboxylic acids is 1. The zero-order chi connectivity index (χ0) is 14.3. The number of carbonyl (C=O) groups excluding carboxylic acids is 1. The van der Waals surface area contributed by atoms with Gasteiger partial charge in [0.15, 0.2) is 0 Å². The molecule has 104 valence electrons. The molecule has 0 aromatic heterocycles. The van der Waals surface area contributed by atoms with E-state index < -0.39 is 5.97 Å². The van der Waals surface area contributed by atoms with E-state index in [1.54, 1.807) is 31.3 Å². The predicted octanol–water partition coefficient (Wildman–Crippen LogP) is 1.40. The Balaban J connectivity index is 2.32. The van der Waals surface area contributed by atoms with Gasteiger partial charge in [-0.1, -0.05) is 12.1 Å². The Kier molecular flexibility index (Phi) is 5.66. The van der Waals surface area contributed by atoms with Crippen LogP contribution in [0.2, 0.25) is 0 Å². The van der Waals surface area contributed by atoms with Gasteiger partial charge in [-0.05, 0) is 24.1 Å². The summed E-state index contributed by atoms with van der Waals surface area (Å²) >= 11 is 0. The summed E-state index contributed by atoms with van der Waals surface area (Å²) in [4.78, 5) is 23.5. The van der Waals surface area contributed by atoms with Crippen molar-refractivity contribution in [3.63, 3.8) is 0 Å². The standard InChI is InChI=1S/C13H18N2O4/c1-15(9-10-4-6-11(16)7-5-10)13(19)14-8-2-3-12(17)18/h4-7,16H,2-3,8-9H2,1H3,(H,14,19)(H,17,18). The number of aromatic hydroxyl groups is 1. The van der Waals surface area contributed by atoms with Gasteiger partial charge in [-0.2, -0.15) is 0 Å². The molecular weight excluding hydrogens is 248 g/mol. The van der Waals surface area contributed by atoms with Gasteiger partial charge in [-0.3, -0.25) is 4.79 Å². The number of rotatable bonds is 6. The normalized spacial score (nSPS) is 9.95. The minimum absolute atomic E-state index is 0.0436. The molecule has 1 rings (SSSR count). The molecule has 6 nitrogen and oxygen atoms in total. The Morgan fingerprint density at radius 1 is 1.26 bits per heavy atom. The third-order valence-corrected chi connectivity index (χ3v) is 2.55. The van der Waals surface area contributed by atoms with Crippen molar-refractivity contribution in [2.45, 2.75) is 19.4 Å². The summed E-state index contributed by atoms with van der Waals surface area (Å²) in [5.74, 6) is -0.684. The highest BCUT2D eigenvalue weighted by Crippen LogP contribution is 2.10. The highest BCUT2D eigenvalue weighted by Gasteiger charge is 2.08. The molecule has 19 heavy (non-hydrogen) atoms. The van der Waals surface area contributed by atoms with E-state index in [1.165, 1.54) is 4.90 Å². The van der Waals surface area contributed by atoms with Crippen molar-refractivity contribution in [3.8, 4) is 5.75 Å². The van der Waals surface area contributed by atoms with Crippen LogP contribution in [0, 0.1) is 0 Å². The maximum Gasteiger partial charge on any atom is 0.317 e. The lowest BCUT2D eigenvalue weighted by atomic mass is 10.2. The number of hydrogen-bond acceptors (Lipinski definition) is 3. The SMILES string of the molecule is CN(Cc1ccc(O)cc1)C(=O)NCCCC(=O)O. The molecule has 0 radical (unpaired) electrons. The number of carboxylic acids is 1. The van der Waals surface area contributed by atoms with Gasteiger partial charge in [0, 0.05) is 26.6 Å². The average molecular weight is 266 g/mol. The van der Waals surface area contributed by atoms with Crippen molar-refractivity contribution in [1.82, 2.24) is 10.2 Å². The Morgan fingerprint density at radius 3 is 2.47 bits per heavy atom. The highest BCUT2D eigenvalue weighted by molar-refractivity contribution is 5.74. The lowest BCUT2D eigenvalue weighted by Crippen LogP contribution is -2.37. The van der Waals surface area contributed by atoms with Gasteiger partial charge in [-0.15, -0.1) is 0 Å². The van der Waals surface area contributed by atoms with Crippen LogP contribution in [-0.2, 0) is 11.3 Å². The van der Waals surface area contributed by atoms with E-state index in [0.29, 0.717) is 19.5 Å². The molecule has 3 N–H and O–H groups in total. The number of carboxylic acid groups (broad SMARTS) is 1. The topological polar surface area (TPSA) is 89.9 Å². The Morgan fingerprint density at radius 2 is 1.89 bits per heavy atom. The van der Waals surface area contributed by atoms with Crippen LogP contribution in [0.15, 0.2) is 24.3 Å². The number of hydrogen-bond donors (Lipinski definition) is 3. The number of carbonyl (C=O) groups is 2. The van der Waals surface area contributed by atoms with E-state index in [-0.39, 0.29) is 18.2 Å². The number of benzene rings is 1. The molecule has 0 saturated carbocycles. The summed E-state index contributed by atoms with van der Waals surface area (Å²) in [6.07, 6.45) is 0.454. The summed E-state index contributed by atoms with van der Waals surface area (Å²) in [6.45, 7) is 0.760. The first-order valence-corrected chi connectivity index (χ1v) is 5.97. The average Bonchev–Trinajstić information content (AvgIpc) is 2.36. The Hall–Kier alpha value is -2.24. The van der Waals surface area contributed by atoms with E-state index in [9.17, 15) is 9.59 Å². The quantitative estimate of drug-likeness (QED) is 0.679. The second-order valence-electron chi connectivity index (χ2n) is 4.25. The molecule has 6 heteroatoms. The van der Waals surface area contributed by atoms with Crippen molar-refractivity contribution in [2.75, 3.05) is 13.6 Å². The lowest BCUT2D eigenvalue weighted by molar-refractivity contribution is -0.137. The largest absolute Gasteiger partial charge is 0.508 e. The molecule has 0 spiro atoms. The molecule has 0 bridgehead atoms. The summed E-state index contributed by atoms with van der Waals surface area (Å²) in [7, 11) is 1.65. The van der Waals surface area contributed by atoms with E-state index >= 15 is 0 Å². The van der Waals surface area contributed by atoms with Crippen LogP contribution >= 0.6 is 0 Å². The maximum atomic E-state index is 11.7. The van der Waals surface area contributed by atoms with E-state index in [0.717, 1.165) is 5.56 Å². The third kappa shape index (κ3) is 5.76. The first kappa shape index (κ1) is 14.8. The Bertz CT molecular complexity index is 431. The predicted molar refractivity (Wildman–Crippen MR) is 69.8 cm³/mol. The maximum absolute atomic E-state index is 11.7. The fraction of sp³-hybridized carbons (Fsp3) is 0.385. The fourth-order valence-corrected chi connectivity index (χ4v) is 1.52. The summed E-state index contributed by atoms with van der Waals surface area (Å²) < 4.78 is 0. The van der Waals surface area contributed by atoms with Gasteiger partial charge in [0.1, 0.15) is 5.75 Å². The number of nitrogens with zero attached hydrogens (tertiary/aromatic N) is 1. The zero-order valence-corrected chi connectivity index (χ0v) is 10.8. The van der Waals surface area contributed by atoms with E-state index in [2.05, 4.69) is 5.32 Å². The van der Waals surface area contributed by atoms with Crippen LogP contribution in [0.25, 0.3) is 0 Å². The smallest absolute Gasteiger partial charge is 0.317 e. The van der Waals surface area contributed by atoms with E-state index in [1.807, 2.05) is 0 Å². The van der Waals surface area contributed by atoms with Gasteiger partial charge in [0.05, 0.1) is 0 Å². The molecule has 0 unspecified atom stereocenters. The van der Waals surface area contributed by atoms with Gasteiger partial charge in [0.25, 0.3) is 0 Å². The second-order valence-corrected chi connectivity index (χ2v) is 4.25. The van der Waals surface area contributed by atoms with Crippen molar-refractivity contribution < 1.29 is 19.8 Å². The summed E-state index contributed by atoms with van der Waals surface area (Å²) in [6, 6.07) is 6.35. The first-order valence-electron chi connectivity index (χ1n) is 5.97. The first-order chi connectivity index (χ1) is 8.99. The number of urea groups is 1. The van der Waals surface area contributed by atoms with Crippen molar-refractivity contribution in [2.24, 2.45) is 0 Å². The van der Waals surface area contributed by atoms with Crippen LogP contribution in [0.1, 0.15) is 18.4 Å². The monoisotopic (exact) mass is 266 g/mol. The Labute approximate surface area is 111 Å². The molecule has 0 fully saturated rings. The van der Waals surface area contributed by atoms with Crippen molar-refractivity contribution in [3.05, 3.63) is 29.8 Å². The second kappa shape index (κ2) is 7.25. The number of phenols is 1. The van der Waals surface area contributed by atoms with Crippen LogP contribution < -0.4 is 5.32 Å². The van der Waals surface area contributed by atoms with Gasteiger partial charge in [0.2, 0.25) is 0 Å². The molecule has 0 heterocycles. The fourth-order valence-electron chi connectivity index (χ4n) is 1.52. The van der Waals surface area contributed by atoms with Gasteiger partial charge >= 0.3 is 12.0 Å². The van der Waals surface area contributed by atoms with Crippen LogP contribution in [0.4, 0.5) is 4.79 Å². The summed E-state index contributed by atoms with van der Waals surface area (Å²) in [5, 5.41) is 20.3. The molecule has 1 aromatic carbocycles. The molecule has 1 aromatic rings. The molecule has 2 amide bonds. The van der Waals surface area contributed by atoms with Crippen molar-refractivity contribution in [1.29, 1.82) is 0 Å². The van der Waals surface area contributed by atoms with Crippen LogP contribution in [-0.4, -0.2) is 40.7 Å². The molecular formula is C13H18N2O4. The van der Waals surface area contributed by atoms with Crippen LogP contribution in [0.5, 0.6) is 5.75 Å². The molecule has 0 aliphatic heterocycles. The van der Waals surface area contributed by atoms with Gasteiger partial charge < -0.3 is 20.4 Å². The molecule has 0 atom stereocenters. The lowest BCUT2D eigenvalue weighted by Gasteiger charge is -2.18.